The van der Waals surface area contributed by atoms with Crippen molar-refractivity contribution in [3.63, 3.8) is 0 Å². The highest BCUT2D eigenvalue weighted by molar-refractivity contribution is 9.10. The smallest absolute Gasteiger partial charge is 0.339 e. The van der Waals surface area contributed by atoms with Crippen LogP contribution in [0.3, 0.4) is 0 Å². The molecule has 1 spiro atoms. The highest BCUT2D eigenvalue weighted by Gasteiger charge is 2.62. The van der Waals surface area contributed by atoms with Gasteiger partial charge in [-0.25, -0.2) is 9.59 Å². The first kappa shape index (κ1) is 25.7. The normalized spacial score (nSPS) is 20.3. The van der Waals surface area contributed by atoms with Gasteiger partial charge in [0.05, 0.1) is 18.8 Å². The number of nitrogens with zero attached hydrogens (tertiary/aromatic N) is 1. The third kappa shape index (κ3) is 3.74. The third-order valence-corrected chi connectivity index (χ3v) is 7.49. The predicted octanol–water partition coefficient (Wildman–Crippen LogP) is 4.08. The van der Waals surface area contributed by atoms with Crippen LogP contribution in [0.4, 0.5) is 11.4 Å². The molecule has 2 heterocycles. The molecule has 2 aromatic carbocycles. The minimum Gasteiger partial charge on any atom is -0.462 e. The number of ether oxygens (including phenoxy) is 2. The van der Waals surface area contributed by atoms with Crippen molar-refractivity contribution in [1.82, 2.24) is 0 Å². The average Bonchev–Trinajstić information content (AvgIpc) is 3.16. The summed E-state index contributed by atoms with van der Waals surface area (Å²) in [5, 5.41) is 2.86. The van der Waals surface area contributed by atoms with E-state index >= 15 is 0 Å². The first-order valence-electron chi connectivity index (χ1n) is 12.4. The van der Waals surface area contributed by atoms with Crippen LogP contribution < -0.4 is 16.0 Å². The number of amides is 1. The average molecular weight is 580 g/mol. The molecule has 0 saturated heterocycles. The van der Waals surface area contributed by atoms with Gasteiger partial charge in [-0.2, -0.15) is 0 Å². The maximum atomic E-state index is 13.9. The molecule has 3 aliphatic rings. The molecular weight excluding hydrogens is 554 g/mol. The first-order valence-corrected chi connectivity index (χ1v) is 13.2. The number of halogens is 1. The van der Waals surface area contributed by atoms with Crippen LogP contribution in [0.5, 0.6) is 0 Å². The second kappa shape index (κ2) is 9.75. The molecule has 5 rings (SSSR count). The summed E-state index contributed by atoms with van der Waals surface area (Å²) in [5.41, 5.74) is 7.48. The Kier molecular flexibility index (Phi) is 6.60. The van der Waals surface area contributed by atoms with Crippen LogP contribution in [-0.2, 0) is 29.3 Å². The fourth-order valence-corrected chi connectivity index (χ4v) is 5.90. The van der Waals surface area contributed by atoms with Crippen LogP contribution in [-0.4, -0.2) is 36.8 Å². The molecule has 1 atom stereocenters. The number of nitrogens with one attached hydrogen (secondary N) is 1. The van der Waals surface area contributed by atoms with Gasteiger partial charge >= 0.3 is 11.9 Å². The lowest BCUT2D eigenvalue weighted by atomic mass is 9.63. The van der Waals surface area contributed by atoms with E-state index in [2.05, 4.69) is 21.2 Å². The summed E-state index contributed by atoms with van der Waals surface area (Å²) in [6.07, 6.45) is 1.23. The zero-order chi connectivity index (χ0) is 27.2. The first-order chi connectivity index (χ1) is 18.2. The molecule has 1 unspecified atom stereocenters. The number of benzene rings is 2. The molecule has 38 heavy (non-hydrogen) atoms. The minimum atomic E-state index is -1.76. The molecular formula is C28H26BrN3O6. The molecule has 0 saturated carbocycles. The predicted molar refractivity (Wildman–Crippen MR) is 143 cm³/mol. The second-order valence-electron chi connectivity index (χ2n) is 9.08. The Bertz CT molecular complexity index is 1440. The number of hydrogen-bond donors (Lipinski definition) is 2. The number of carbonyl (C=O) groups excluding carboxylic acids is 4. The van der Waals surface area contributed by atoms with Gasteiger partial charge in [0.2, 0.25) is 5.91 Å². The molecule has 0 radical (unpaired) electrons. The van der Waals surface area contributed by atoms with E-state index in [1.54, 1.807) is 61.2 Å². The number of esters is 2. The van der Waals surface area contributed by atoms with Crippen LogP contribution in [0.1, 0.15) is 49.0 Å². The monoisotopic (exact) mass is 579 g/mol. The van der Waals surface area contributed by atoms with E-state index in [1.807, 2.05) is 0 Å². The lowest BCUT2D eigenvalue weighted by Gasteiger charge is -2.44. The van der Waals surface area contributed by atoms with E-state index in [9.17, 15) is 19.2 Å². The summed E-state index contributed by atoms with van der Waals surface area (Å²) >= 11 is 3.47. The molecule has 2 aromatic rings. The molecule has 2 aliphatic heterocycles. The van der Waals surface area contributed by atoms with Gasteiger partial charge in [0.25, 0.3) is 0 Å². The van der Waals surface area contributed by atoms with Crippen molar-refractivity contribution in [2.75, 3.05) is 23.4 Å². The van der Waals surface area contributed by atoms with Crippen LogP contribution >= 0.6 is 15.9 Å². The van der Waals surface area contributed by atoms with Crippen LogP contribution in [0.15, 0.2) is 69.6 Å². The lowest BCUT2D eigenvalue weighted by Crippen LogP contribution is -2.53. The number of Topliss-reactive ketones (excluding diaryl/α,β-unsaturated/α-hetero) is 1. The van der Waals surface area contributed by atoms with Gasteiger partial charge in [0, 0.05) is 39.1 Å². The van der Waals surface area contributed by atoms with Crippen LogP contribution in [0.25, 0.3) is 0 Å². The van der Waals surface area contributed by atoms with Crippen molar-refractivity contribution in [2.45, 2.75) is 38.5 Å². The number of ketones is 1. The summed E-state index contributed by atoms with van der Waals surface area (Å²) in [6, 6.07) is 11.7. The maximum Gasteiger partial charge on any atom is 0.339 e. The highest BCUT2D eigenvalue weighted by atomic mass is 79.9. The molecule has 196 valence electrons. The Hall–Kier alpha value is -3.92. The number of hydrogen-bond acceptors (Lipinski definition) is 8. The van der Waals surface area contributed by atoms with Gasteiger partial charge in [-0.15, -0.1) is 0 Å². The van der Waals surface area contributed by atoms with Gasteiger partial charge in [0.15, 0.2) is 5.78 Å². The largest absolute Gasteiger partial charge is 0.462 e. The van der Waals surface area contributed by atoms with E-state index in [0.29, 0.717) is 45.5 Å². The Labute approximate surface area is 227 Å². The zero-order valence-corrected chi connectivity index (χ0v) is 22.5. The minimum absolute atomic E-state index is 0.0104. The van der Waals surface area contributed by atoms with Crippen molar-refractivity contribution in [1.29, 1.82) is 0 Å². The van der Waals surface area contributed by atoms with Crippen molar-refractivity contribution in [3.8, 4) is 0 Å². The summed E-state index contributed by atoms with van der Waals surface area (Å²) in [5.74, 6) is -2.03. The van der Waals surface area contributed by atoms with Crippen molar-refractivity contribution in [3.05, 3.63) is 80.7 Å². The lowest BCUT2D eigenvalue weighted by molar-refractivity contribution is -0.140. The molecule has 3 N–H and O–H groups in total. The number of rotatable bonds is 5. The van der Waals surface area contributed by atoms with Gasteiger partial charge < -0.3 is 20.5 Å². The Balaban J connectivity index is 1.80. The number of nitrogens with two attached hydrogens (primary N) is 1. The number of fused-ring (bicyclic) bond motifs is 3. The van der Waals surface area contributed by atoms with Gasteiger partial charge in [-0.3, -0.25) is 14.5 Å². The maximum absolute atomic E-state index is 13.9. The summed E-state index contributed by atoms with van der Waals surface area (Å²) < 4.78 is 11.2. The zero-order valence-electron chi connectivity index (χ0n) is 20.9. The standard InChI is InChI=1S/C28H26BrN3O6/c1-3-37-25(34)15-8-11-17(12-9-15)32-20-6-5-7-21(33)22(20)28(23(24(32)30)26(35)38-4-2)18-14-16(29)10-13-19(18)31-27(28)36/h8-14H,3-7,30H2,1-2H3,(H,31,36). The van der Waals surface area contributed by atoms with E-state index < -0.39 is 23.3 Å². The van der Waals surface area contributed by atoms with E-state index in [1.165, 1.54) is 0 Å². The van der Waals surface area contributed by atoms with E-state index in [-0.39, 0.29) is 42.4 Å². The van der Waals surface area contributed by atoms with E-state index in [4.69, 9.17) is 15.2 Å². The highest BCUT2D eigenvalue weighted by Crippen LogP contribution is 2.56. The quantitative estimate of drug-likeness (QED) is 0.507. The van der Waals surface area contributed by atoms with Gasteiger partial charge in [-0.1, -0.05) is 15.9 Å². The Morgan fingerprint density at radius 1 is 1.03 bits per heavy atom. The Morgan fingerprint density at radius 2 is 1.71 bits per heavy atom. The van der Waals surface area contributed by atoms with Crippen molar-refractivity contribution < 1.29 is 28.7 Å². The summed E-state index contributed by atoms with van der Waals surface area (Å²) in [7, 11) is 0. The number of anilines is 2. The fraction of sp³-hybridized carbons (Fsp3) is 0.286. The molecule has 0 aromatic heterocycles. The third-order valence-electron chi connectivity index (χ3n) is 6.99. The number of allylic oxidation sites excluding steroid dienone is 1. The van der Waals surface area contributed by atoms with Crippen molar-refractivity contribution >= 4 is 50.9 Å². The van der Waals surface area contributed by atoms with Gasteiger partial charge in [0.1, 0.15) is 16.8 Å². The van der Waals surface area contributed by atoms with E-state index in [0.717, 1.165) is 0 Å². The fourth-order valence-electron chi connectivity index (χ4n) is 5.54. The van der Waals surface area contributed by atoms with Crippen LogP contribution in [0.2, 0.25) is 0 Å². The molecule has 1 amide bonds. The molecule has 10 heteroatoms. The molecule has 0 bridgehead atoms. The molecule has 0 fully saturated rings. The van der Waals surface area contributed by atoms with Crippen molar-refractivity contribution in [2.24, 2.45) is 5.73 Å². The summed E-state index contributed by atoms with van der Waals surface area (Å²) in [4.78, 5) is 55.1. The molecule has 9 nitrogen and oxygen atoms in total. The van der Waals surface area contributed by atoms with Gasteiger partial charge in [-0.05, 0) is 69.2 Å². The SMILES string of the molecule is CCOC(=O)C1=C(N)N(c2ccc(C(=O)OCC)cc2)C2=C(C(=O)CCC2)C12C(=O)Nc1ccc(Br)cc12. The van der Waals surface area contributed by atoms with Crippen LogP contribution in [0, 0.1) is 0 Å². The number of carbonyl (C=O) groups is 4. The Morgan fingerprint density at radius 3 is 2.39 bits per heavy atom. The summed E-state index contributed by atoms with van der Waals surface area (Å²) in [6.45, 7) is 3.67. The molecule has 1 aliphatic carbocycles. The topological polar surface area (TPSA) is 128 Å². The second-order valence-corrected chi connectivity index (χ2v) is 9.99.